The molecule has 0 saturated carbocycles. The van der Waals surface area contributed by atoms with Crippen molar-refractivity contribution in [2.75, 3.05) is 0 Å². The zero-order valence-electron chi connectivity index (χ0n) is 17.2. The minimum absolute atomic E-state index is 0.112. The molecule has 0 radical (unpaired) electrons. The highest BCUT2D eigenvalue weighted by Gasteiger charge is 2.38. The van der Waals surface area contributed by atoms with Crippen LogP contribution in [0.2, 0.25) is 0 Å². The molecule has 0 spiro atoms. The molecule has 0 N–H and O–H groups in total. The van der Waals surface area contributed by atoms with Crippen molar-refractivity contribution in [2.45, 2.75) is 25.8 Å². The summed E-state index contributed by atoms with van der Waals surface area (Å²) in [7, 11) is 0. The van der Waals surface area contributed by atoms with Crippen molar-refractivity contribution in [3.8, 4) is 22.5 Å². The molecule has 0 aliphatic heterocycles. The first kappa shape index (κ1) is 23.4. The third-order valence-electron chi connectivity index (χ3n) is 4.63. The lowest BCUT2D eigenvalue weighted by atomic mass is 10.0. The summed E-state index contributed by atoms with van der Waals surface area (Å²) in [5.74, 6) is 5.69. The van der Waals surface area contributed by atoms with Crippen molar-refractivity contribution in [2.24, 2.45) is 0 Å². The van der Waals surface area contributed by atoms with E-state index in [1.54, 1.807) is 25.3 Å². The van der Waals surface area contributed by atoms with E-state index in [2.05, 4.69) is 32.1 Å². The molecule has 3 aromatic heterocycles. The Morgan fingerprint density at radius 3 is 2.44 bits per heavy atom. The number of rotatable bonds is 3. The molecule has 34 heavy (non-hydrogen) atoms. The minimum Gasteiger partial charge on any atom is -0.267 e. The Balaban J connectivity index is 1.58. The van der Waals surface area contributed by atoms with Crippen LogP contribution in [0.4, 0.5) is 26.3 Å². The molecule has 0 atom stereocenters. The van der Waals surface area contributed by atoms with E-state index in [-0.39, 0.29) is 18.2 Å². The molecule has 0 aliphatic rings. The van der Waals surface area contributed by atoms with Crippen molar-refractivity contribution < 1.29 is 26.3 Å². The quantitative estimate of drug-likeness (QED) is 0.276. The van der Waals surface area contributed by atoms with Gasteiger partial charge >= 0.3 is 12.4 Å². The van der Waals surface area contributed by atoms with E-state index >= 15 is 0 Å². The molecule has 0 saturated heterocycles. The lowest BCUT2D eigenvalue weighted by molar-refractivity contribution is -0.143. The van der Waals surface area contributed by atoms with Gasteiger partial charge in [0, 0.05) is 12.4 Å². The Morgan fingerprint density at radius 1 is 0.971 bits per heavy atom. The molecule has 174 valence electrons. The Hall–Kier alpha value is -3.72. The van der Waals surface area contributed by atoms with Crippen LogP contribution in [0.15, 0.2) is 48.8 Å². The molecule has 0 aliphatic carbocycles. The zero-order chi connectivity index (χ0) is 24.5. The molecule has 0 fully saturated rings. The number of pyridine rings is 1. The second-order valence-electron chi connectivity index (χ2n) is 7.07. The van der Waals surface area contributed by atoms with Crippen LogP contribution in [0.5, 0.6) is 0 Å². The summed E-state index contributed by atoms with van der Waals surface area (Å²) in [4.78, 5) is 4.18. The van der Waals surface area contributed by atoms with Gasteiger partial charge in [-0.25, -0.2) is 0 Å². The standard InChI is InChI=1S/C22H13F6N5S/c1-13-14(6-8-19-30-31-20(34-19)18-4-2-3-9-29-18)11-33(32-13)12-15-5-7-16(21(23,24)25)10-17(15)22(26,27)28/h2-5,7,9-11H,12H2,1H3. The van der Waals surface area contributed by atoms with E-state index in [1.165, 1.54) is 22.2 Å². The molecule has 5 nitrogen and oxygen atoms in total. The summed E-state index contributed by atoms with van der Waals surface area (Å²) in [6.45, 7) is 1.25. The Kier molecular flexibility index (Phi) is 6.14. The summed E-state index contributed by atoms with van der Waals surface area (Å²) in [6, 6.07) is 6.91. The van der Waals surface area contributed by atoms with Crippen LogP contribution in [0, 0.1) is 18.8 Å². The van der Waals surface area contributed by atoms with Gasteiger partial charge in [-0.1, -0.05) is 29.4 Å². The smallest absolute Gasteiger partial charge is 0.267 e. The van der Waals surface area contributed by atoms with Gasteiger partial charge < -0.3 is 0 Å². The number of hydrogen-bond acceptors (Lipinski definition) is 5. The maximum Gasteiger partial charge on any atom is 0.416 e. The van der Waals surface area contributed by atoms with Crippen LogP contribution >= 0.6 is 11.3 Å². The second-order valence-corrected chi connectivity index (χ2v) is 8.05. The fourth-order valence-corrected chi connectivity index (χ4v) is 3.71. The maximum absolute atomic E-state index is 13.4. The summed E-state index contributed by atoms with van der Waals surface area (Å²) in [6.07, 6.45) is -6.78. The zero-order valence-corrected chi connectivity index (χ0v) is 18.1. The Bertz CT molecular complexity index is 1380. The number of alkyl halides is 6. The van der Waals surface area contributed by atoms with Gasteiger partial charge in [-0.2, -0.15) is 31.4 Å². The molecule has 1 aromatic carbocycles. The van der Waals surface area contributed by atoms with Crippen LogP contribution in [0.1, 0.15) is 33.0 Å². The summed E-state index contributed by atoms with van der Waals surface area (Å²) in [5.41, 5.74) is -1.54. The van der Waals surface area contributed by atoms with Crippen LogP contribution < -0.4 is 0 Å². The first-order valence-corrected chi connectivity index (χ1v) is 10.4. The van der Waals surface area contributed by atoms with Crippen LogP contribution in [-0.2, 0) is 18.9 Å². The van der Waals surface area contributed by atoms with Crippen molar-refractivity contribution in [1.29, 1.82) is 0 Å². The summed E-state index contributed by atoms with van der Waals surface area (Å²) in [5, 5.41) is 13.2. The van der Waals surface area contributed by atoms with E-state index in [4.69, 9.17) is 0 Å². The molecule has 0 amide bonds. The largest absolute Gasteiger partial charge is 0.416 e. The number of aryl methyl sites for hydroxylation is 1. The SMILES string of the molecule is Cc1nn(Cc2ccc(C(F)(F)F)cc2C(F)(F)F)cc1C#Cc1nnc(-c2ccccn2)s1. The highest BCUT2D eigenvalue weighted by atomic mass is 32.1. The fraction of sp³-hybridized carbons (Fsp3) is 0.182. The predicted octanol–water partition coefficient (Wildman–Crippen LogP) is 5.59. The molecular weight excluding hydrogens is 480 g/mol. The van der Waals surface area contributed by atoms with Gasteiger partial charge in [0.15, 0.2) is 10.0 Å². The lowest BCUT2D eigenvalue weighted by Gasteiger charge is -2.16. The van der Waals surface area contributed by atoms with E-state index < -0.39 is 23.5 Å². The molecule has 3 heterocycles. The molecular formula is C22H13F6N5S. The van der Waals surface area contributed by atoms with Gasteiger partial charge in [-0.15, -0.1) is 10.2 Å². The highest BCUT2D eigenvalue weighted by molar-refractivity contribution is 7.15. The third-order valence-corrected chi connectivity index (χ3v) is 5.50. The van der Waals surface area contributed by atoms with Crippen molar-refractivity contribution in [1.82, 2.24) is 25.0 Å². The highest BCUT2D eigenvalue weighted by Crippen LogP contribution is 2.37. The number of nitrogens with zero attached hydrogens (tertiary/aromatic N) is 5. The van der Waals surface area contributed by atoms with Gasteiger partial charge in [0.05, 0.1) is 28.9 Å². The van der Waals surface area contributed by atoms with Gasteiger partial charge in [0.2, 0.25) is 0 Å². The second kappa shape index (κ2) is 8.90. The number of benzene rings is 1. The van der Waals surface area contributed by atoms with E-state index in [0.717, 1.165) is 6.07 Å². The van der Waals surface area contributed by atoms with Crippen LogP contribution in [0.25, 0.3) is 10.7 Å². The van der Waals surface area contributed by atoms with Gasteiger partial charge in [-0.3, -0.25) is 9.67 Å². The van der Waals surface area contributed by atoms with Gasteiger partial charge in [0.1, 0.15) is 5.69 Å². The molecule has 4 rings (SSSR count). The Morgan fingerprint density at radius 2 is 1.76 bits per heavy atom. The molecule has 0 bridgehead atoms. The monoisotopic (exact) mass is 493 g/mol. The summed E-state index contributed by atoms with van der Waals surface area (Å²) < 4.78 is 80.1. The number of aromatic nitrogens is 5. The van der Waals surface area contributed by atoms with E-state index in [0.29, 0.717) is 33.0 Å². The average Bonchev–Trinajstić information content (AvgIpc) is 3.38. The predicted molar refractivity (Wildman–Crippen MR) is 112 cm³/mol. The lowest BCUT2D eigenvalue weighted by Crippen LogP contribution is -2.15. The van der Waals surface area contributed by atoms with Crippen molar-refractivity contribution in [3.63, 3.8) is 0 Å². The van der Waals surface area contributed by atoms with Gasteiger partial charge in [-0.05, 0) is 42.7 Å². The summed E-state index contributed by atoms with van der Waals surface area (Å²) >= 11 is 1.23. The first-order chi connectivity index (χ1) is 16.0. The van der Waals surface area contributed by atoms with Crippen molar-refractivity contribution in [3.05, 3.63) is 81.7 Å². The van der Waals surface area contributed by atoms with E-state index in [1.807, 2.05) is 6.07 Å². The van der Waals surface area contributed by atoms with Crippen LogP contribution in [-0.4, -0.2) is 25.0 Å². The number of halogens is 6. The van der Waals surface area contributed by atoms with Crippen LogP contribution in [0.3, 0.4) is 0 Å². The molecule has 4 aromatic rings. The normalized spacial score (nSPS) is 11.9. The molecule has 0 unspecified atom stereocenters. The first-order valence-electron chi connectivity index (χ1n) is 9.59. The van der Waals surface area contributed by atoms with Gasteiger partial charge in [0.25, 0.3) is 0 Å². The van der Waals surface area contributed by atoms with E-state index in [9.17, 15) is 26.3 Å². The fourth-order valence-electron chi connectivity index (χ4n) is 3.04. The maximum atomic E-state index is 13.4. The third kappa shape index (κ3) is 5.26. The minimum atomic E-state index is -4.95. The average molecular weight is 493 g/mol. The van der Waals surface area contributed by atoms with Crippen molar-refractivity contribution >= 4 is 11.3 Å². The molecule has 12 heteroatoms. The number of hydrogen-bond donors (Lipinski definition) is 0. The topological polar surface area (TPSA) is 56.5 Å². The Labute approximate surface area is 193 Å².